The molecule has 0 aliphatic rings. The van der Waals surface area contributed by atoms with E-state index in [0.29, 0.717) is 19.5 Å². The maximum Gasteiger partial charge on any atom is 0.119 e. The van der Waals surface area contributed by atoms with Gasteiger partial charge in [0.05, 0.1) is 6.07 Å². The van der Waals surface area contributed by atoms with Crippen molar-refractivity contribution >= 4 is 0 Å². The number of rotatable bonds is 9. The van der Waals surface area contributed by atoms with Gasteiger partial charge in [0.15, 0.2) is 0 Å². The first kappa shape index (κ1) is 21.5. The van der Waals surface area contributed by atoms with Gasteiger partial charge in [0, 0.05) is 19.5 Å². The van der Waals surface area contributed by atoms with Gasteiger partial charge in [-0.25, -0.2) is 0 Å². The molecule has 1 aromatic rings. The second kappa shape index (κ2) is 9.22. The van der Waals surface area contributed by atoms with Crippen molar-refractivity contribution in [1.82, 2.24) is 4.90 Å². The minimum absolute atomic E-state index is 0.111. The average molecular weight is 347 g/mol. The molecule has 0 aliphatic heterocycles. The lowest BCUT2D eigenvalue weighted by molar-refractivity contribution is 0.0769. The Hall–Kier alpha value is -1.57. The first-order chi connectivity index (χ1) is 11.5. The third-order valence-electron chi connectivity index (χ3n) is 4.18. The summed E-state index contributed by atoms with van der Waals surface area (Å²) in [7, 11) is 1.90. The Morgan fingerprint density at radius 1 is 1.16 bits per heavy atom. The van der Waals surface area contributed by atoms with Gasteiger partial charge >= 0.3 is 0 Å². The third-order valence-corrected chi connectivity index (χ3v) is 4.18. The first-order valence-electron chi connectivity index (χ1n) is 9.00. The monoisotopic (exact) mass is 346 g/mol. The molecule has 0 radical (unpaired) electrons. The molecule has 25 heavy (non-hydrogen) atoms. The first-order valence-corrected chi connectivity index (χ1v) is 9.00. The Kier molecular flexibility index (Phi) is 7.92. The minimum atomic E-state index is -0.569. The smallest absolute Gasteiger partial charge is 0.119 e. The molecule has 0 fully saturated rings. The van der Waals surface area contributed by atoms with Gasteiger partial charge in [-0.05, 0) is 42.0 Å². The van der Waals surface area contributed by atoms with Gasteiger partial charge in [-0.3, -0.25) is 0 Å². The summed E-state index contributed by atoms with van der Waals surface area (Å²) in [4.78, 5) is 1.94. The molecule has 0 heterocycles. The second-order valence-electron chi connectivity index (χ2n) is 8.78. The van der Waals surface area contributed by atoms with Crippen LogP contribution in [0.25, 0.3) is 0 Å². The molecule has 0 spiro atoms. The van der Waals surface area contributed by atoms with Crippen molar-refractivity contribution in [3.8, 4) is 11.8 Å². The highest BCUT2D eigenvalue weighted by Gasteiger charge is 2.27. The van der Waals surface area contributed by atoms with Crippen molar-refractivity contribution in [3.63, 3.8) is 0 Å². The third kappa shape index (κ3) is 8.38. The summed E-state index contributed by atoms with van der Waals surface area (Å²) >= 11 is 0. The van der Waals surface area contributed by atoms with E-state index in [0.717, 1.165) is 12.2 Å². The summed E-state index contributed by atoms with van der Waals surface area (Å²) in [6, 6.07) is 10.3. The Morgan fingerprint density at radius 2 is 1.76 bits per heavy atom. The van der Waals surface area contributed by atoms with Crippen molar-refractivity contribution in [2.75, 3.05) is 26.7 Å². The van der Waals surface area contributed by atoms with Crippen LogP contribution in [0.3, 0.4) is 0 Å². The molecule has 4 nitrogen and oxygen atoms in total. The van der Waals surface area contributed by atoms with Gasteiger partial charge in [0.1, 0.15) is 18.5 Å². The number of nitriles is 1. The molecule has 0 unspecified atom stereocenters. The summed E-state index contributed by atoms with van der Waals surface area (Å²) in [5.41, 5.74) is 1.69. The predicted octanol–water partition coefficient (Wildman–Crippen LogP) is 3.99. The Balaban J connectivity index is 2.53. The van der Waals surface area contributed by atoms with Crippen LogP contribution in [0.2, 0.25) is 0 Å². The van der Waals surface area contributed by atoms with Crippen LogP contribution in [0.4, 0.5) is 0 Å². The Bertz CT molecular complexity index is 553. The highest BCUT2D eigenvalue weighted by atomic mass is 16.5. The van der Waals surface area contributed by atoms with Crippen LogP contribution in [0.5, 0.6) is 5.75 Å². The molecule has 1 aromatic carbocycles. The zero-order valence-electron chi connectivity index (χ0n) is 16.7. The molecular formula is C21H34N2O2. The maximum atomic E-state index is 10.0. The van der Waals surface area contributed by atoms with E-state index in [9.17, 15) is 5.11 Å². The molecule has 4 heteroatoms. The second-order valence-corrected chi connectivity index (χ2v) is 8.78. The molecule has 0 aliphatic carbocycles. The summed E-state index contributed by atoms with van der Waals surface area (Å²) in [5, 5.41) is 18.6. The predicted molar refractivity (Wildman–Crippen MR) is 103 cm³/mol. The number of hydrogen-bond donors (Lipinski definition) is 1. The molecule has 1 atom stereocenters. The van der Waals surface area contributed by atoms with Crippen LogP contribution in [0, 0.1) is 16.7 Å². The normalized spacial score (nSPS) is 13.6. The van der Waals surface area contributed by atoms with Crippen molar-refractivity contribution in [1.29, 1.82) is 5.26 Å². The van der Waals surface area contributed by atoms with Gasteiger partial charge in [-0.1, -0.05) is 46.8 Å². The van der Waals surface area contributed by atoms with Gasteiger partial charge < -0.3 is 14.7 Å². The highest BCUT2D eigenvalue weighted by Crippen LogP contribution is 2.36. The van der Waals surface area contributed by atoms with Gasteiger partial charge in [-0.2, -0.15) is 5.26 Å². The Morgan fingerprint density at radius 3 is 2.28 bits per heavy atom. The van der Waals surface area contributed by atoms with Crippen LogP contribution in [0.15, 0.2) is 24.3 Å². The standard InChI is InChI=1S/C21H34N2O2/c1-20(2,3)16-21(4,5)17-8-10-19(11-9-17)25-15-18(24)14-23(6)13-7-12-22/h8-11,18,24H,7,13-16H2,1-6H3/t18-/m1/s1. The molecule has 1 N–H and O–H groups in total. The fourth-order valence-electron chi connectivity index (χ4n) is 3.37. The fraction of sp³-hybridized carbons (Fsp3) is 0.667. The molecule has 0 saturated carbocycles. The van der Waals surface area contributed by atoms with E-state index in [-0.39, 0.29) is 17.4 Å². The number of likely N-dealkylation sites (N-methyl/N-ethyl adjacent to an activating group) is 1. The van der Waals surface area contributed by atoms with Gasteiger partial charge in [0.2, 0.25) is 0 Å². The number of ether oxygens (including phenoxy) is 1. The lowest BCUT2D eigenvalue weighted by Crippen LogP contribution is -2.33. The maximum absolute atomic E-state index is 10.0. The topological polar surface area (TPSA) is 56.5 Å². The van der Waals surface area contributed by atoms with Crippen molar-refractivity contribution < 1.29 is 9.84 Å². The molecule has 0 saturated heterocycles. The number of benzene rings is 1. The fourth-order valence-corrected chi connectivity index (χ4v) is 3.37. The summed E-state index contributed by atoms with van der Waals surface area (Å²) in [5.74, 6) is 0.772. The lowest BCUT2D eigenvalue weighted by atomic mass is 9.72. The summed E-state index contributed by atoms with van der Waals surface area (Å²) < 4.78 is 5.70. The lowest BCUT2D eigenvalue weighted by Gasteiger charge is -2.33. The summed E-state index contributed by atoms with van der Waals surface area (Å²) in [6.07, 6.45) is 1.00. The molecule has 0 amide bonds. The zero-order chi connectivity index (χ0) is 19.1. The Labute approximate surface area is 153 Å². The van der Waals surface area contributed by atoms with Crippen LogP contribution in [-0.4, -0.2) is 42.9 Å². The van der Waals surface area contributed by atoms with Crippen LogP contribution in [0.1, 0.15) is 53.0 Å². The number of nitrogens with zero attached hydrogens (tertiary/aromatic N) is 2. The molecule has 0 bridgehead atoms. The molecule has 0 aromatic heterocycles. The van der Waals surface area contributed by atoms with Crippen LogP contribution >= 0.6 is 0 Å². The van der Waals surface area contributed by atoms with Crippen molar-refractivity contribution in [2.45, 2.75) is 59.0 Å². The van der Waals surface area contributed by atoms with Crippen LogP contribution < -0.4 is 4.74 Å². The van der Waals surface area contributed by atoms with E-state index < -0.39 is 6.10 Å². The van der Waals surface area contributed by atoms with E-state index in [1.54, 1.807) is 0 Å². The van der Waals surface area contributed by atoms with Gasteiger partial charge in [0.25, 0.3) is 0 Å². The minimum Gasteiger partial charge on any atom is -0.491 e. The average Bonchev–Trinajstić information content (AvgIpc) is 2.49. The zero-order valence-corrected chi connectivity index (χ0v) is 16.7. The van der Waals surface area contributed by atoms with Gasteiger partial charge in [-0.15, -0.1) is 0 Å². The van der Waals surface area contributed by atoms with Crippen molar-refractivity contribution in [3.05, 3.63) is 29.8 Å². The molecular weight excluding hydrogens is 312 g/mol. The molecule has 1 rings (SSSR count). The summed E-state index contributed by atoms with van der Waals surface area (Å²) in [6.45, 7) is 12.7. The quantitative estimate of drug-likeness (QED) is 0.734. The number of hydrogen-bond acceptors (Lipinski definition) is 4. The highest BCUT2D eigenvalue weighted by molar-refractivity contribution is 5.31. The van der Waals surface area contributed by atoms with Crippen LogP contribution in [-0.2, 0) is 5.41 Å². The largest absolute Gasteiger partial charge is 0.491 e. The van der Waals surface area contributed by atoms with E-state index >= 15 is 0 Å². The SMILES string of the molecule is CN(CCC#N)C[C@@H](O)COc1ccc(C(C)(C)CC(C)(C)C)cc1. The van der Waals surface area contributed by atoms with E-state index in [1.165, 1.54) is 5.56 Å². The van der Waals surface area contributed by atoms with Crippen molar-refractivity contribution in [2.24, 2.45) is 5.41 Å². The van der Waals surface area contributed by atoms with E-state index in [4.69, 9.17) is 10.00 Å². The van der Waals surface area contributed by atoms with E-state index in [2.05, 4.69) is 52.8 Å². The van der Waals surface area contributed by atoms with E-state index in [1.807, 2.05) is 24.1 Å². The number of aliphatic hydroxyl groups is 1. The number of aliphatic hydroxyl groups excluding tert-OH is 1. The molecule has 140 valence electrons.